The fraction of sp³-hybridized carbons (Fsp3) is 0.267. The van der Waals surface area contributed by atoms with Gasteiger partial charge in [-0.15, -0.1) is 0 Å². The standard InChI is InChI=1S/C15H16N2/c1-3-11(2)17-14-7-5-4-6-12(14)13-10-16-9-8-15(13)17/h4-11H,3H2,1-2H3. The molecule has 0 spiro atoms. The average Bonchev–Trinajstić information content (AvgIpc) is 2.72. The first-order valence-electron chi connectivity index (χ1n) is 6.15. The second kappa shape index (κ2) is 3.88. The molecule has 3 rings (SSSR count). The second-order valence-corrected chi connectivity index (χ2v) is 4.54. The molecule has 0 aliphatic heterocycles. The zero-order valence-electron chi connectivity index (χ0n) is 10.2. The van der Waals surface area contributed by atoms with Crippen LogP contribution < -0.4 is 0 Å². The van der Waals surface area contributed by atoms with Crippen LogP contribution in [0.3, 0.4) is 0 Å². The summed E-state index contributed by atoms with van der Waals surface area (Å²) in [5.41, 5.74) is 2.60. The maximum Gasteiger partial charge on any atom is 0.0524 e. The van der Waals surface area contributed by atoms with Crippen LogP contribution in [0.5, 0.6) is 0 Å². The molecule has 0 aliphatic carbocycles. The van der Waals surface area contributed by atoms with E-state index in [1.165, 1.54) is 21.8 Å². The van der Waals surface area contributed by atoms with Gasteiger partial charge in [0.15, 0.2) is 0 Å². The van der Waals surface area contributed by atoms with E-state index >= 15 is 0 Å². The molecule has 2 aromatic heterocycles. The lowest BCUT2D eigenvalue weighted by Crippen LogP contribution is -2.02. The maximum atomic E-state index is 4.25. The fourth-order valence-electron chi connectivity index (χ4n) is 2.50. The van der Waals surface area contributed by atoms with Crippen LogP contribution in [0.4, 0.5) is 0 Å². The molecule has 1 unspecified atom stereocenters. The molecule has 2 heteroatoms. The van der Waals surface area contributed by atoms with Gasteiger partial charge in [0.1, 0.15) is 0 Å². The highest BCUT2D eigenvalue weighted by Gasteiger charge is 2.13. The summed E-state index contributed by atoms with van der Waals surface area (Å²) in [4.78, 5) is 4.25. The molecule has 1 atom stereocenters. The summed E-state index contributed by atoms with van der Waals surface area (Å²) in [5.74, 6) is 0. The number of para-hydroxylation sites is 1. The van der Waals surface area contributed by atoms with E-state index in [-0.39, 0.29) is 0 Å². The molecule has 0 N–H and O–H groups in total. The first-order valence-corrected chi connectivity index (χ1v) is 6.15. The average molecular weight is 224 g/mol. The molecular formula is C15H16N2. The third-order valence-electron chi connectivity index (χ3n) is 3.54. The minimum atomic E-state index is 0.514. The van der Waals surface area contributed by atoms with Crippen molar-refractivity contribution in [2.75, 3.05) is 0 Å². The van der Waals surface area contributed by atoms with E-state index in [1.807, 2.05) is 12.4 Å². The van der Waals surface area contributed by atoms with Gasteiger partial charge in [0, 0.05) is 34.7 Å². The summed E-state index contributed by atoms with van der Waals surface area (Å²) < 4.78 is 2.42. The zero-order valence-corrected chi connectivity index (χ0v) is 10.2. The van der Waals surface area contributed by atoms with Crippen LogP contribution in [0, 0.1) is 0 Å². The monoisotopic (exact) mass is 224 g/mol. The highest BCUT2D eigenvalue weighted by molar-refractivity contribution is 6.07. The Morgan fingerprint density at radius 1 is 1.12 bits per heavy atom. The van der Waals surface area contributed by atoms with Crippen LogP contribution in [0.1, 0.15) is 26.3 Å². The Morgan fingerprint density at radius 3 is 2.71 bits per heavy atom. The molecule has 1 aromatic carbocycles. The van der Waals surface area contributed by atoms with Crippen LogP contribution in [0.2, 0.25) is 0 Å². The molecule has 0 fully saturated rings. The van der Waals surface area contributed by atoms with Gasteiger partial charge in [-0.2, -0.15) is 0 Å². The van der Waals surface area contributed by atoms with Gasteiger partial charge in [-0.1, -0.05) is 25.1 Å². The van der Waals surface area contributed by atoms with Gasteiger partial charge in [-0.05, 0) is 25.5 Å². The number of rotatable bonds is 2. The molecule has 0 saturated carbocycles. The summed E-state index contributed by atoms with van der Waals surface area (Å²) in [5, 5.41) is 2.55. The van der Waals surface area contributed by atoms with Crippen molar-refractivity contribution < 1.29 is 0 Å². The van der Waals surface area contributed by atoms with E-state index in [0.29, 0.717) is 6.04 Å². The lowest BCUT2D eigenvalue weighted by Gasteiger charge is -2.14. The fourth-order valence-corrected chi connectivity index (χ4v) is 2.50. The third-order valence-corrected chi connectivity index (χ3v) is 3.54. The maximum absolute atomic E-state index is 4.25. The first kappa shape index (κ1) is 10.3. The van der Waals surface area contributed by atoms with E-state index in [0.717, 1.165) is 6.42 Å². The number of benzene rings is 1. The van der Waals surface area contributed by atoms with E-state index in [4.69, 9.17) is 0 Å². The van der Waals surface area contributed by atoms with Gasteiger partial charge >= 0.3 is 0 Å². The minimum Gasteiger partial charge on any atom is -0.338 e. The summed E-state index contributed by atoms with van der Waals surface area (Å²) in [6, 6.07) is 11.2. The molecule has 17 heavy (non-hydrogen) atoms. The Balaban J connectivity index is 2.50. The molecule has 3 aromatic rings. The molecule has 2 heterocycles. The number of fused-ring (bicyclic) bond motifs is 3. The highest BCUT2D eigenvalue weighted by Crippen LogP contribution is 2.31. The number of pyridine rings is 1. The van der Waals surface area contributed by atoms with Crippen molar-refractivity contribution in [2.24, 2.45) is 0 Å². The molecule has 2 nitrogen and oxygen atoms in total. The molecule has 0 radical (unpaired) electrons. The van der Waals surface area contributed by atoms with Crippen molar-refractivity contribution >= 4 is 21.8 Å². The number of nitrogens with zero attached hydrogens (tertiary/aromatic N) is 2. The van der Waals surface area contributed by atoms with E-state index < -0.39 is 0 Å². The molecule has 0 saturated heterocycles. The van der Waals surface area contributed by atoms with E-state index in [9.17, 15) is 0 Å². The van der Waals surface area contributed by atoms with Crippen LogP contribution in [-0.4, -0.2) is 9.55 Å². The van der Waals surface area contributed by atoms with Gasteiger partial charge in [0.25, 0.3) is 0 Å². The van der Waals surface area contributed by atoms with Crippen molar-refractivity contribution in [3.05, 3.63) is 42.7 Å². The van der Waals surface area contributed by atoms with Crippen molar-refractivity contribution in [1.29, 1.82) is 0 Å². The molecule has 0 aliphatic rings. The largest absolute Gasteiger partial charge is 0.338 e. The van der Waals surface area contributed by atoms with Crippen molar-refractivity contribution in [1.82, 2.24) is 9.55 Å². The summed E-state index contributed by atoms with van der Waals surface area (Å²) >= 11 is 0. The summed E-state index contributed by atoms with van der Waals surface area (Å²) in [6.07, 6.45) is 4.98. The Kier molecular flexibility index (Phi) is 2.36. The quantitative estimate of drug-likeness (QED) is 0.639. The Labute approximate surface area is 101 Å². The zero-order chi connectivity index (χ0) is 11.8. The minimum absolute atomic E-state index is 0.514. The lowest BCUT2D eigenvalue weighted by molar-refractivity contribution is 0.563. The van der Waals surface area contributed by atoms with Crippen molar-refractivity contribution in [3.8, 4) is 0 Å². The molecule has 0 amide bonds. The van der Waals surface area contributed by atoms with Gasteiger partial charge < -0.3 is 4.57 Å². The predicted octanol–water partition coefficient (Wildman–Crippen LogP) is 4.16. The van der Waals surface area contributed by atoms with Crippen LogP contribution in [0.25, 0.3) is 21.8 Å². The summed E-state index contributed by atoms with van der Waals surface area (Å²) in [7, 11) is 0. The van der Waals surface area contributed by atoms with Gasteiger partial charge in [-0.25, -0.2) is 0 Å². The molecule has 86 valence electrons. The third kappa shape index (κ3) is 1.44. The van der Waals surface area contributed by atoms with Crippen LogP contribution >= 0.6 is 0 Å². The van der Waals surface area contributed by atoms with Crippen molar-refractivity contribution in [3.63, 3.8) is 0 Å². The van der Waals surface area contributed by atoms with E-state index in [2.05, 4.69) is 53.7 Å². The Bertz CT molecular complexity index is 614. The normalized spacial score (nSPS) is 13.3. The van der Waals surface area contributed by atoms with E-state index in [1.54, 1.807) is 0 Å². The van der Waals surface area contributed by atoms with Gasteiger partial charge in [-0.3, -0.25) is 4.98 Å². The number of hydrogen-bond donors (Lipinski definition) is 0. The Hall–Kier alpha value is -1.83. The predicted molar refractivity (Wildman–Crippen MR) is 72.2 cm³/mol. The number of aromatic nitrogens is 2. The number of hydrogen-bond acceptors (Lipinski definition) is 1. The second-order valence-electron chi connectivity index (χ2n) is 4.54. The first-order chi connectivity index (χ1) is 8.33. The lowest BCUT2D eigenvalue weighted by atomic mass is 10.2. The molecular weight excluding hydrogens is 208 g/mol. The van der Waals surface area contributed by atoms with Crippen molar-refractivity contribution in [2.45, 2.75) is 26.3 Å². The smallest absolute Gasteiger partial charge is 0.0524 e. The van der Waals surface area contributed by atoms with Crippen LogP contribution in [0.15, 0.2) is 42.7 Å². The van der Waals surface area contributed by atoms with Gasteiger partial charge in [0.05, 0.1) is 5.52 Å². The Morgan fingerprint density at radius 2 is 1.88 bits per heavy atom. The highest BCUT2D eigenvalue weighted by atomic mass is 15.0. The summed E-state index contributed by atoms with van der Waals surface area (Å²) in [6.45, 7) is 4.50. The SMILES string of the molecule is CCC(C)n1c2ccccc2c2cnccc21. The van der Waals surface area contributed by atoms with Crippen LogP contribution in [-0.2, 0) is 0 Å². The van der Waals surface area contributed by atoms with Gasteiger partial charge in [0.2, 0.25) is 0 Å². The molecule has 0 bridgehead atoms. The topological polar surface area (TPSA) is 17.8 Å².